The maximum absolute atomic E-state index is 11.5. The zero-order valence-corrected chi connectivity index (χ0v) is 12.7. The van der Waals surface area contributed by atoms with E-state index in [2.05, 4.69) is 10.1 Å². The van der Waals surface area contributed by atoms with Crippen LogP contribution in [0.15, 0.2) is 24.3 Å². The fourth-order valence-corrected chi connectivity index (χ4v) is 2.71. The SMILES string of the molecule is COC(=O)[C@@H]1CC(O)CC(Oc2ccc([C@@H]3CC(=O)N3)cc2)O1. The molecule has 2 fully saturated rings. The van der Waals surface area contributed by atoms with E-state index in [9.17, 15) is 14.7 Å². The summed E-state index contributed by atoms with van der Waals surface area (Å²) in [6.45, 7) is 0. The van der Waals surface area contributed by atoms with Gasteiger partial charge >= 0.3 is 5.97 Å². The van der Waals surface area contributed by atoms with Crippen molar-refractivity contribution in [3.05, 3.63) is 29.8 Å². The van der Waals surface area contributed by atoms with Crippen LogP contribution in [0.4, 0.5) is 0 Å². The molecule has 0 aliphatic carbocycles. The van der Waals surface area contributed by atoms with Gasteiger partial charge in [-0.1, -0.05) is 12.1 Å². The summed E-state index contributed by atoms with van der Waals surface area (Å²) in [5.41, 5.74) is 1.01. The predicted molar refractivity (Wildman–Crippen MR) is 78.5 cm³/mol. The first-order valence-electron chi connectivity index (χ1n) is 7.52. The number of amides is 1. The van der Waals surface area contributed by atoms with Crippen LogP contribution in [0.25, 0.3) is 0 Å². The summed E-state index contributed by atoms with van der Waals surface area (Å²) < 4.78 is 15.8. The molecular formula is C16H19NO6. The van der Waals surface area contributed by atoms with Crippen LogP contribution in [-0.4, -0.2) is 42.6 Å². The van der Waals surface area contributed by atoms with Gasteiger partial charge in [-0.3, -0.25) is 4.79 Å². The Labute approximate surface area is 133 Å². The molecule has 2 aliphatic rings. The zero-order chi connectivity index (χ0) is 16.4. The van der Waals surface area contributed by atoms with Crippen LogP contribution in [-0.2, 0) is 19.1 Å². The predicted octanol–water partition coefficient (Wildman–Crippen LogP) is 0.665. The second kappa shape index (κ2) is 6.55. The lowest BCUT2D eigenvalue weighted by Crippen LogP contribution is -2.43. The summed E-state index contributed by atoms with van der Waals surface area (Å²) in [6, 6.07) is 7.36. The topological polar surface area (TPSA) is 94.1 Å². The molecule has 3 rings (SSSR count). The quantitative estimate of drug-likeness (QED) is 0.625. The first-order valence-corrected chi connectivity index (χ1v) is 7.52. The van der Waals surface area contributed by atoms with Gasteiger partial charge in [0.1, 0.15) is 5.75 Å². The molecule has 0 radical (unpaired) electrons. The summed E-state index contributed by atoms with van der Waals surface area (Å²) >= 11 is 0. The molecule has 23 heavy (non-hydrogen) atoms. The maximum atomic E-state index is 11.5. The number of nitrogens with one attached hydrogen (secondary N) is 1. The second-order valence-corrected chi connectivity index (χ2v) is 5.71. The zero-order valence-electron chi connectivity index (χ0n) is 12.7. The van der Waals surface area contributed by atoms with Crippen LogP contribution in [0.2, 0.25) is 0 Å². The van der Waals surface area contributed by atoms with Gasteiger partial charge in [-0.25, -0.2) is 4.79 Å². The first-order chi connectivity index (χ1) is 11.0. The molecule has 1 amide bonds. The van der Waals surface area contributed by atoms with E-state index in [1.807, 2.05) is 12.1 Å². The van der Waals surface area contributed by atoms with E-state index in [1.54, 1.807) is 12.1 Å². The molecule has 1 aromatic rings. The molecule has 2 saturated heterocycles. The number of hydrogen-bond donors (Lipinski definition) is 2. The fraction of sp³-hybridized carbons (Fsp3) is 0.500. The minimum atomic E-state index is -0.821. The van der Waals surface area contributed by atoms with Gasteiger partial charge in [-0.05, 0) is 17.7 Å². The van der Waals surface area contributed by atoms with Gasteiger partial charge in [-0.15, -0.1) is 0 Å². The number of methoxy groups -OCH3 is 1. The van der Waals surface area contributed by atoms with E-state index < -0.39 is 24.5 Å². The molecule has 2 unspecified atom stereocenters. The summed E-state index contributed by atoms with van der Waals surface area (Å²) in [7, 11) is 1.28. The summed E-state index contributed by atoms with van der Waals surface area (Å²) in [4.78, 5) is 22.5. The van der Waals surface area contributed by atoms with Gasteiger partial charge in [0.15, 0.2) is 6.10 Å². The molecule has 2 N–H and O–H groups in total. The first kappa shape index (κ1) is 15.8. The molecule has 2 aliphatic heterocycles. The van der Waals surface area contributed by atoms with E-state index in [4.69, 9.17) is 9.47 Å². The summed E-state index contributed by atoms with van der Waals surface area (Å²) in [5, 5.41) is 12.6. The Hall–Kier alpha value is -2.12. The highest BCUT2D eigenvalue weighted by atomic mass is 16.7. The minimum Gasteiger partial charge on any atom is -0.467 e. The molecule has 0 bridgehead atoms. The molecule has 0 aromatic heterocycles. The Kier molecular flexibility index (Phi) is 4.49. The Morgan fingerprint density at radius 2 is 2.00 bits per heavy atom. The lowest BCUT2D eigenvalue weighted by molar-refractivity contribution is -0.197. The highest BCUT2D eigenvalue weighted by Crippen LogP contribution is 2.27. The van der Waals surface area contributed by atoms with Crippen molar-refractivity contribution in [3.63, 3.8) is 0 Å². The van der Waals surface area contributed by atoms with Gasteiger partial charge in [-0.2, -0.15) is 0 Å². The molecule has 0 spiro atoms. The maximum Gasteiger partial charge on any atom is 0.335 e. The molecular weight excluding hydrogens is 302 g/mol. The highest BCUT2D eigenvalue weighted by molar-refractivity contribution is 5.83. The van der Waals surface area contributed by atoms with Crippen LogP contribution in [0.1, 0.15) is 30.9 Å². The van der Waals surface area contributed by atoms with E-state index in [0.717, 1.165) is 5.56 Å². The standard InChI is InChI=1S/C16H19NO6/c1-21-16(20)13-6-10(18)7-15(23-13)22-11-4-2-9(3-5-11)12-8-14(19)17-12/h2-5,10,12-13,15,18H,6-8H2,1H3,(H,17,19)/t10?,12-,13-,15?/m0/s1. The molecule has 2 heterocycles. The number of ether oxygens (including phenoxy) is 3. The molecule has 1 aromatic carbocycles. The van der Waals surface area contributed by atoms with Crippen molar-refractivity contribution in [1.29, 1.82) is 0 Å². The molecule has 4 atom stereocenters. The van der Waals surface area contributed by atoms with E-state index >= 15 is 0 Å². The van der Waals surface area contributed by atoms with E-state index in [-0.39, 0.29) is 24.8 Å². The van der Waals surface area contributed by atoms with Crippen LogP contribution in [0.3, 0.4) is 0 Å². The lowest BCUT2D eigenvalue weighted by atomic mass is 9.97. The third-order valence-electron chi connectivity index (χ3n) is 4.01. The van der Waals surface area contributed by atoms with E-state index in [0.29, 0.717) is 12.2 Å². The van der Waals surface area contributed by atoms with Crippen molar-refractivity contribution in [2.45, 2.75) is 43.8 Å². The van der Waals surface area contributed by atoms with Crippen LogP contribution in [0.5, 0.6) is 5.75 Å². The van der Waals surface area contributed by atoms with Crippen LogP contribution >= 0.6 is 0 Å². The van der Waals surface area contributed by atoms with Gasteiger partial charge in [0, 0.05) is 12.8 Å². The minimum absolute atomic E-state index is 0.0498. The number of β-lactam (4-membered cyclic amide) rings is 1. The number of hydrogen-bond acceptors (Lipinski definition) is 6. The van der Waals surface area contributed by atoms with E-state index in [1.165, 1.54) is 7.11 Å². The fourth-order valence-electron chi connectivity index (χ4n) is 2.71. The van der Waals surface area contributed by atoms with Crippen molar-refractivity contribution in [1.82, 2.24) is 5.32 Å². The van der Waals surface area contributed by atoms with Gasteiger partial charge in [0.2, 0.25) is 12.2 Å². The summed E-state index contributed by atoms with van der Waals surface area (Å²) in [6.07, 6.45) is -1.22. The monoisotopic (exact) mass is 321 g/mol. The average molecular weight is 321 g/mol. The van der Waals surface area contributed by atoms with Crippen molar-refractivity contribution in [2.75, 3.05) is 7.11 Å². The number of rotatable bonds is 4. The summed E-state index contributed by atoms with van der Waals surface area (Å²) in [5.74, 6) is 0.101. The molecule has 0 saturated carbocycles. The molecule has 7 nitrogen and oxygen atoms in total. The highest BCUT2D eigenvalue weighted by Gasteiger charge is 2.34. The Balaban J connectivity index is 1.59. The normalized spacial score (nSPS) is 30.1. The third kappa shape index (κ3) is 3.62. The lowest BCUT2D eigenvalue weighted by Gasteiger charge is -2.32. The largest absolute Gasteiger partial charge is 0.467 e. The van der Waals surface area contributed by atoms with Gasteiger partial charge < -0.3 is 24.6 Å². The van der Waals surface area contributed by atoms with Crippen molar-refractivity contribution < 1.29 is 28.9 Å². The Morgan fingerprint density at radius 3 is 2.61 bits per heavy atom. The number of aliphatic hydroxyl groups is 1. The molecule has 7 heteroatoms. The van der Waals surface area contributed by atoms with Crippen molar-refractivity contribution in [3.8, 4) is 5.75 Å². The molecule has 124 valence electrons. The van der Waals surface area contributed by atoms with Crippen molar-refractivity contribution in [2.24, 2.45) is 0 Å². The van der Waals surface area contributed by atoms with Crippen LogP contribution in [0, 0.1) is 0 Å². The number of benzene rings is 1. The average Bonchev–Trinajstić information content (AvgIpc) is 2.51. The Morgan fingerprint density at radius 1 is 1.30 bits per heavy atom. The number of carbonyl (C=O) groups excluding carboxylic acids is 2. The van der Waals surface area contributed by atoms with Crippen molar-refractivity contribution >= 4 is 11.9 Å². The van der Waals surface area contributed by atoms with Gasteiger partial charge in [0.25, 0.3) is 0 Å². The van der Waals surface area contributed by atoms with Crippen LogP contribution < -0.4 is 10.1 Å². The number of carbonyl (C=O) groups is 2. The smallest absolute Gasteiger partial charge is 0.335 e. The Bertz CT molecular complexity index is 579. The second-order valence-electron chi connectivity index (χ2n) is 5.71. The van der Waals surface area contributed by atoms with Gasteiger partial charge in [0.05, 0.1) is 25.7 Å². The number of esters is 1. The number of aliphatic hydroxyl groups excluding tert-OH is 1. The third-order valence-corrected chi connectivity index (χ3v) is 4.01.